The Hall–Kier alpha value is -3.49. The smallest absolute Gasteiger partial charge is 0.241 e. The predicted molar refractivity (Wildman–Crippen MR) is 151 cm³/mol. The number of hydrogen-bond acceptors (Lipinski definition) is 6. The molecule has 0 spiro atoms. The first-order valence-corrected chi connectivity index (χ1v) is 15.0. The molecular formula is C31H33NO6S. The second-order valence-corrected chi connectivity index (χ2v) is 12.6. The number of fused-ring (bicyclic) bond motifs is 2. The molecule has 2 aliphatic heterocycles. The van der Waals surface area contributed by atoms with Crippen LogP contribution in [0.1, 0.15) is 49.7 Å². The molecule has 1 saturated carbocycles. The van der Waals surface area contributed by atoms with Gasteiger partial charge in [0.25, 0.3) is 0 Å². The molecule has 1 saturated heterocycles. The molecule has 3 aromatic rings. The van der Waals surface area contributed by atoms with Crippen molar-refractivity contribution in [2.75, 3.05) is 11.4 Å². The summed E-state index contributed by atoms with van der Waals surface area (Å²) in [6.07, 6.45) is 4.08. The average Bonchev–Trinajstić information content (AvgIpc) is 3.55. The van der Waals surface area contributed by atoms with Crippen LogP contribution in [0.5, 0.6) is 17.2 Å². The highest BCUT2D eigenvalue weighted by Crippen LogP contribution is 2.52. The van der Waals surface area contributed by atoms with Gasteiger partial charge in [0, 0.05) is 6.04 Å². The van der Waals surface area contributed by atoms with Crippen LogP contribution in [0.3, 0.4) is 0 Å². The number of sulfonamides is 1. The van der Waals surface area contributed by atoms with E-state index in [-0.39, 0.29) is 17.5 Å². The van der Waals surface area contributed by atoms with E-state index in [1.165, 1.54) is 0 Å². The van der Waals surface area contributed by atoms with Crippen molar-refractivity contribution in [1.29, 1.82) is 0 Å². The molecule has 3 atom stereocenters. The van der Waals surface area contributed by atoms with Gasteiger partial charge < -0.3 is 19.7 Å². The van der Waals surface area contributed by atoms with Gasteiger partial charge >= 0.3 is 0 Å². The number of rotatable bonds is 7. The molecule has 0 amide bonds. The molecule has 39 heavy (non-hydrogen) atoms. The van der Waals surface area contributed by atoms with E-state index in [4.69, 9.17) is 9.47 Å². The molecule has 2 bridgehead atoms. The highest BCUT2D eigenvalue weighted by Gasteiger charge is 2.55. The number of nitrogens with zero attached hydrogens (tertiary/aromatic N) is 1. The van der Waals surface area contributed by atoms with Gasteiger partial charge in [-0.05, 0) is 90.1 Å². The van der Waals surface area contributed by atoms with E-state index in [1.54, 1.807) is 47.8 Å². The Morgan fingerprint density at radius 1 is 0.795 bits per heavy atom. The lowest BCUT2D eigenvalue weighted by Gasteiger charge is -2.38. The van der Waals surface area contributed by atoms with Crippen LogP contribution in [-0.4, -0.2) is 49.2 Å². The Labute approximate surface area is 229 Å². The number of ether oxygens (including phenoxy) is 2. The van der Waals surface area contributed by atoms with Crippen molar-refractivity contribution in [3.63, 3.8) is 0 Å². The van der Waals surface area contributed by atoms with Gasteiger partial charge in [-0.3, -0.25) is 4.31 Å². The molecule has 204 valence electrons. The van der Waals surface area contributed by atoms with Crippen molar-refractivity contribution in [3.8, 4) is 17.2 Å². The van der Waals surface area contributed by atoms with Gasteiger partial charge in [0.15, 0.2) is 0 Å². The molecule has 6 rings (SSSR count). The van der Waals surface area contributed by atoms with Gasteiger partial charge in [-0.15, -0.1) is 0 Å². The van der Waals surface area contributed by atoms with Crippen LogP contribution >= 0.6 is 0 Å². The zero-order chi connectivity index (χ0) is 27.1. The Morgan fingerprint density at radius 2 is 1.36 bits per heavy atom. The van der Waals surface area contributed by atoms with Crippen molar-refractivity contribution in [1.82, 2.24) is 0 Å². The first-order chi connectivity index (χ1) is 18.9. The van der Waals surface area contributed by atoms with E-state index in [0.29, 0.717) is 17.9 Å². The number of aromatic hydroxyl groups is 2. The molecule has 0 radical (unpaired) electrons. The molecule has 2 heterocycles. The summed E-state index contributed by atoms with van der Waals surface area (Å²) in [4.78, 5) is 0. The lowest BCUT2D eigenvalue weighted by molar-refractivity contribution is 0.128. The van der Waals surface area contributed by atoms with Gasteiger partial charge in [0.2, 0.25) is 10.0 Å². The fraction of sp³-hybridized carbons (Fsp3) is 0.355. The predicted octanol–water partition coefficient (Wildman–Crippen LogP) is 5.73. The Bertz CT molecular complexity index is 1460. The van der Waals surface area contributed by atoms with E-state index in [2.05, 4.69) is 0 Å². The minimum atomic E-state index is -3.82. The summed E-state index contributed by atoms with van der Waals surface area (Å²) in [5.41, 5.74) is 4.12. The van der Waals surface area contributed by atoms with Crippen LogP contribution in [-0.2, 0) is 14.8 Å². The lowest BCUT2D eigenvalue weighted by atomic mass is 9.83. The average molecular weight is 548 g/mol. The van der Waals surface area contributed by atoms with E-state index in [1.807, 2.05) is 36.4 Å². The Kier molecular flexibility index (Phi) is 6.77. The maximum atomic E-state index is 14.6. The van der Waals surface area contributed by atoms with Gasteiger partial charge in [-0.25, -0.2) is 8.42 Å². The number of phenols is 2. The van der Waals surface area contributed by atoms with Crippen LogP contribution in [0.4, 0.5) is 5.69 Å². The first kappa shape index (κ1) is 25.8. The van der Waals surface area contributed by atoms with Gasteiger partial charge in [-0.1, -0.05) is 43.5 Å². The third-order valence-electron chi connectivity index (χ3n) is 8.24. The highest BCUT2D eigenvalue weighted by atomic mass is 32.2. The number of anilines is 1. The van der Waals surface area contributed by atoms with Gasteiger partial charge in [-0.2, -0.15) is 0 Å². The minimum absolute atomic E-state index is 0.103. The first-order valence-electron chi connectivity index (χ1n) is 13.5. The van der Waals surface area contributed by atoms with Crippen molar-refractivity contribution in [2.45, 2.75) is 62.0 Å². The Balaban J connectivity index is 1.44. The topological polar surface area (TPSA) is 96.3 Å². The van der Waals surface area contributed by atoms with E-state index in [9.17, 15) is 18.6 Å². The molecule has 7 nitrogen and oxygen atoms in total. The highest BCUT2D eigenvalue weighted by molar-refractivity contribution is 7.93. The minimum Gasteiger partial charge on any atom is -0.508 e. The molecule has 2 N–H and O–H groups in total. The van der Waals surface area contributed by atoms with E-state index < -0.39 is 27.5 Å². The van der Waals surface area contributed by atoms with E-state index in [0.717, 1.165) is 54.4 Å². The molecule has 8 heteroatoms. The molecule has 2 fully saturated rings. The number of phenolic OH excluding ortho intramolecular Hbond substituents is 2. The summed E-state index contributed by atoms with van der Waals surface area (Å²) >= 11 is 0. The quantitative estimate of drug-likeness (QED) is 0.393. The zero-order valence-corrected chi connectivity index (χ0v) is 22.7. The molecule has 1 aliphatic carbocycles. The van der Waals surface area contributed by atoms with Gasteiger partial charge in [0.1, 0.15) is 28.6 Å². The normalized spacial score (nSPS) is 23.3. The summed E-state index contributed by atoms with van der Waals surface area (Å²) < 4.78 is 42.7. The van der Waals surface area contributed by atoms with Gasteiger partial charge in [0.05, 0.1) is 18.9 Å². The molecular weight excluding hydrogens is 514 g/mol. The van der Waals surface area contributed by atoms with Crippen molar-refractivity contribution in [2.24, 2.45) is 0 Å². The largest absolute Gasteiger partial charge is 0.508 e. The second-order valence-electron chi connectivity index (χ2n) is 10.6. The van der Waals surface area contributed by atoms with Crippen LogP contribution in [0.15, 0.2) is 72.8 Å². The summed E-state index contributed by atoms with van der Waals surface area (Å²) in [5.74, 6) is 0.985. The molecule has 3 aromatic carbocycles. The van der Waals surface area contributed by atoms with Crippen LogP contribution in [0.25, 0.3) is 11.1 Å². The second kappa shape index (κ2) is 10.2. The third kappa shape index (κ3) is 4.66. The third-order valence-corrected chi connectivity index (χ3v) is 10.5. The fourth-order valence-electron chi connectivity index (χ4n) is 6.40. The van der Waals surface area contributed by atoms with Crippen molar-refractivity contribution in [3.05, 3.63) is 83.9 Å². The van der Waals surface area contributed by atoms with Crippen LogP contribution in [0.2, 0.25) is 0 Å². The standard InChI is InChI=1S/C31H33NO6S/c1-37-26-17-11-23(12-18-26)32(22-5-3-2-4-6-22)39(35,36)28-19-27-29(20-7-13-24(33)14-8-20)30(31(28)38-27)21-9-15-25(34)16-10-21/h7-18,22,27-28,31,33-34H,2-6,19H2,1H3/t27-,28+,31+/m1/s1. The summed E-state index contributed by atoms with van der Waals surface area (Å²) in [6.45, 7) is 0. The monoisotopic (exact) mass is 547 g/mol. The maximum absolute atomic E-state index is 14.6. The number of methoxy groups -OCH3 is 1. The maximum Gasteiger partial charge on any atom is 0.241 e. The SMILES string of the molecule is COc1ccc(N(C2CCCCC2)S(=O)(=O)[C@H]2C[C@H]3O[C@@H]2C(c2ccc(O)cc2)=C3c2ccc(O)cc2)cc1. The number of benzene rings is 3. The molecule has 0 aromatic heterocycles. The van der Waals surface area contributed by atoms with Crippen LogP contribution in [0, 0.1) is 0 Å². The molecule has 0 unspecified atom stereocenters. The van der Waals surface area contributed by atoms with E-state index >= 15 is 0 Å². The lowest BCUT2D eigenvalue weighted by Crippen LogP contribution is -2.49. The zero-order valence-electron chi connectivity index (χ0n) is 21.9. The number of hydrogen-bond donors (Lipinski definition) is 2. The summed E-state index contributed by atoms with van der Waals surface area (Å²) in [6, 6.07) is 20.9. The van der Waals surface area contributed by atoms with Crippen molar-refractivity contribution < 1.29 is 28.1 Å². The summed E-state index contributed by atoms with van der Waals surface area (Å²) in [7, 11) is -2.22. The Morgan fingerprint density at radius 3 is 1.92 bits per heavy atom. The molecule has 3 aliphatic rings. The summed E-state index contributed by atoms with van der Waals surface area (Å²) in [5, 5.41) is 19.0. The fourth-order valence-corrected chi connectivity index (χ4v) is 8.66. The van der Waals surface area contributed by atoms with Crippen molar-refractivity contribution >= 4 is 26.9 Å². The van der Waals surface area contributed by atoms with Crippen LogP contribution < -0.4 is 9.04 Å².